The molecule has 0 aliphatic heterocycles. The Balaban J connectivity index is 2.49. The number of nitrogens with zero attached hydrogens (tertiary/aromatic N) is 1. The van der Waals surface area contributed by atoms with Crippen molar-refractivity contribution in [2.75, 3.05) is 6.61 Å². The highest BCUT2D eigenvalue weighted by Crippen LogP contribution is 2.18. The van der Waals surface area contributed by atoms with Crippen LogP contribution in [0.5, 0.6) is 0 Å². The van der Waals surface area contributed by atoms with Crippen molar-refractivity contribution in [3.8, 4) is 0 Å². The first-order chi connectivity index (χ1) is 7.72. The largest absolute Gasteiger partial charge is 0.464 e. The molecule has 0 amide bonds. The molecule has 0 fully saturated rings. The highest BCUT2D eigenvalue weighted by molar-refractivity contribution is 5.90. The SMILES string of the molecule is O=C(O)n1ccc2cc(/C=C/CO)ccc21. The van der Waals surface area contributed by atoms with E-state index in [1.165, 1.54) is 10.8 Å². The van der Waals surface area contributed by atoms with Crippen molar-refractivity contribution < 1.29 is 15.0 Å². The van der Waals surface area contributed by atoms with Crippen LogP contribution in [0, 0.1) is 0 Å². The first kappa shape index (κ1) is 10.4. The Bertz CT molecular complexity index is 554. The lowest BCUT2D eigenvalue weighted by Crippen LogP contribution is -2.05. The van der Waals surface area contributed by atoms with E-state index >= 15 is 0 Å². The Morgan fingerprint density at radius 3 is 2.88 bits per heavy atom. The van der Waals surface area contributed by atoms with Gasteiger partial charge in [-0.05, 0) is 23.8 Å². The molecule has 4 heteroatoms. The minimum Gasteiger partial charge on any atom is -0.464 e. The topological polar surface area (TPSA) is 62.5 Å². The van der Waals surface area contributed by atoms with E-state index in [1.54, 1.807) is 24.3 Å². The monoisotopic (exact) mass is 217 g/mol. The molecule has 0 aliphatic carbocycles. The molecule has 2 aromatic rings. The van der Waals surface area contributed by atoms with Gasteiger partial charge in [0.05, 0.1) is 12.1 Å². The van der Waals surface area contributed by atoms with Crippen molar-refractivity contribution in [1.29, 1.82) is 0 Å². The van der Waals surface area contributed by atoms with E-state index in [1.807, 2.05) is 12.1 Å². The first-order valence-electron chi connectivity index (χ1n) is 4.84. The molecule has 0 aliphatic rings. The van der Waals surface area contributed by atoms with Gasteiger partial charge in [0.25, 0.3) is 0 Å². The molecular formula is C12H11NO3. The summed E-state index contributed by atoms with van der Waals surface area (Å²) in [5.74, 6) is 0. The lowest BCUT2D eigenvalue weighted by molar-refractivity contribution is 0.197. The second-order valence-corrected chi connectivity index (χ2v) is 3.37. The van der Waals surface area contributed by atoms with Crippen LogP contribution in [0.1, 0.15) is 5.56 Å². The smallest absolute Gasteiger partial charge is 0.415 e. The lowest BCUT2D eigenvalue weighted by Gasteiger charge is -1.98. The Hall–Kier alpha value is -2.07. The summed E-state index contributed by atoms with van der Waals surface area (Å²) in [7, 11) is 0. The van der Waals surface area contributed by atoms with E-state index in [-0.39, 0.29) is 6.61 Å². The number of aromatic nitrogens is 1. The maximum Gasteiger partial charge on any atom is 0.415 e. The third-order valence-electron chi connectivity index (χ3n) is 2.34. The van der Waals surface area contributed by atoms with Crippen LogP contribution in [0.4, 0.5) is 4.79 Å². The fourth-order valence-corrected chi connectivity index (χ4v) is 1.62. The minimum atomic E-state index is -0.992. The maximum absolute atomic E-state index is 10.8. The molecule has 82 valence electrons. The Labute approximate surface area is 92.1 Å². The van der Waals surface area contributed by atoms with E-state index < -0.39 is 6.09 Å². The van der Waals surface area contributed by atoms with E-state index in [0.717, 1.165) is 10.9 Å². The number of fused-ring (bicyclic) bond motifs is 1. The molecule has 16 heavy (non-hydrogen) atoms. The van der Waals surface area contributed by atoms with Crippen LogP contribution in [0.2, 0.25) is 0 Å². The number of rotatable bonds is 2. The van der Waals surface area contributed by atoms with Crippen LogP contribution in [0.3, 0.4) is 0 Å². The van der Waals surface area contributed by atoms with Crippen molar-refractivity contribution in [3.05, 3.63) is 42.1 Å². The number of benzene rings is 1. The lowest BCUT2D eigenvalue weighted by atomic mass is 10.1. The molecule has 4 nitrogen and oxygen atoms in total. The number of carboxylic acid groups (broad SMARTS) is 1. The molecule has 2 rings (SSSR count). The summed E-state index contributed by atoms with van der Waals surface area (Å²) in [5, 5.41) is 18.4. The third kappa shape index (κ3) is 1.83. The molecule has 1 aromatic heterocycles. The zero-order valence-electron chi connectivity index (χ0n) is 8.50. The van der Waals surface area contributed by atoms with Crippen molar-refractivity contribution in [3.63, 3.8) is 0 Å². The average molecular weight is 217 g/mol. The molecule has 1 aromatic carbocycles. The fraction of sp³-hybridized carbons (Fsp3) is 0.0833. The summed E-state index contributed by atoms with van der Waals surface area (Å²) in [4.78, 5) is 10.8. The summed E-state index contributed by atoms with van der Waals surface area (Å²) < 4.78 is 1.18. The van der Waals surface area contributed by atoms with Crippen LogP contribution < -0.4 is 0 Å². The third-order valence-corrected chi connectivity index (χ3v) is 2.34. The van der Waals surface area contributed by atoms with Gasteiger partial charge in [-0.15, -0.1) is 0 Å². The molecule has 0 saturated carbocycles. The van der Waals surface area contributed by atoms with Gasteiger partial charge in [-0.2, -0.15) is 0 Å². The van der Waals surface area contributed by atoms with Gasteiger partial charge >= 0.3 is 6.09 Å². The van der Waals surface area contributed by atoms with E-state index in [4.69, 9.17) is 10.2 Å². The standard InChI is InChI=1S/C12H11NO3/c14-7-1-2-9-3-4-11-10(8-9)5-6-13(11)12(15)16/h1-6,8,14H,7H2,(H,15,16)/b2-1+. The zero-order chi connectivity index (χ0) is 11.5. The second-order valence-electron chi connectivity index (χ2n) is 3.37. The number of aliphatic hydroxyl groups is 1. The molecule has 0 bridgehead atoms. The summed E-state index contributed by atoms with van der Waals surface area (Å²) >= 11 is 0. The van der Waals surface area contributed by atoms with E-state index in [0.29, 0.717) is 5.52 Å². The Kier molecular flexibility index (Phi) is 2.74. The van der Waals surface area contributed by atoms with E-state index in [9.17, 15) is 4.79 Å². The second kappa shape index (κ2) is 4.20. The van der Waals surface area contributed by atoms with Gasteiger partial charge in [-0.25, -0.2) is 4.79 Å². The molecule has 0 spiro atoms. The Morgan fingerprint density at radius 1 is 1.38 bits per heavy atom. The molecule has 1 heterocycles. The van der Waals surface area contributed by atoms with Gasteiger partial charge in [0.2, 0.25) is 0 Å². The number of hydrogen-bond acceptors (Lipinski definition) is 2. The van der Waals surface area contributed by atoms with Crippen LogP contribution >= 0.6 is 0 Å². The number of carbonyl (C=O) groups is 1. The molecule has 0 atom stereocenters. The fourth-order valence-electron chi connectivity index (χ4n) is 1.62. The highest BCUT2D eigenvalue weighted by atomic mass is 16.4. The Morgan fingerprint density at radius 2 is 2.19 bits per heavy atom. The van der Waals surface area contributed by atoms with Gasteiger partial charge in [-0.1, -0.05) is 18.2 Å². The van der Waals surface area contributed by atoms with Crippen molar-refractivity contribution in [2.45, 2.75) is 0 Å². The highest BCUT2D eigenvalue weighted by Gasteiger charge is 2.05. The molecule has 0 unspecified atom stereocenters. The average Bonchev–Trinajstić information content (AvgIpc) is 2.69. The number of aliphatic hydroxyl groups excluding tert-OH is 1. The van der Waals surface area contributed by atoms with Gasteiger partial charge in [0, 0.05) is 11.6 Å². The van der Waals surface area contributed by atoms with E-state index in [2.05, 4.69) is 0 Å². The number of hydrogen-bond donors (Lipinski definition) is 2. The first-order valence-corrected chi connectivity index (χ1v) is 4.84. The summed E-state index contributed by atoms with van der Waals surface area (Å²) in [6, 6.07) is 7.19. The summed E-state index contributed by atoms with van der Waals surface area (Å²) in [6.07, 6.45) is 3.95. The van der Waals surface area contributed by atoms with Crippen molar-refractivity contribution in [2.24, 2.45) is 0 Å². The van der Waals surface area contributed by atoms with Crippen LogP contribution in [-0.2, 0) is 0 Å². The molecule has 0 radical (unpaired) electrons. The zero-order valence-corrected chi connectivity index (χ0v) is 8.50. The van der Waals surface area contributed by atoms with Crippen LogP contribution in [0.25, 0.3) is 17.0 Å². The van der Waals surface area contributed by atoms with Crippen molar-refractivity contribution in [1.82, 2.24) is 4.57 Å². The quantitative estimate of drug-likeness (QED) is 0.810. The summed E-state index contributed by atoms with van der Waals surface area (Å²) in [6.45, 7) is -0.00578. The summed E-state index contributed by atoms with van der Waals surface area (Å²) in [5.41, 5.74) is 1.60. The molecular weight excluding hydrogens is 206 g/mol. The van der Waals surface area contributed by atoms with Gasteiger partial charge in [0.1, 0.15) is 0 Å². The molecule has 2 N–H and O–H groups in total. The van der Waals surface area contributed by atoms with Gasteiger partial charge in [-0.3, -0.25) is 4.57 Å². The maximum atomic E-state index is 10.8. The van der Waals surface area contributed by atoms with Gasteiger partial charge < -0.3 is 10.2 Å². The predicted octanol–water partition coefficient (Wildman–Crippen LogP) is 2.17. The normalized spacial score (nSPS) is 11.3. The minimum absolute atomic E-state index is 0.00578. The van der Waals surface area contributed by atoms with Gasteiger partial charge in [0.15, 0.2) is 0 Å². The van der Waals surface area contributed by atoms with Crippen LogP contribution in [-0.4, -0.2) is 27.5 Å². The molecule has 0 saturated heterocycles. The van der Waals surface area contributed by atoms with Crippen LogP contribution in [0.15, 0.2) is 36.5 Å². The van der Waals surface area contributed by atoms with Crippen molar-refractivity contribution >= 4 is 23.1 Å². The predicted molar refractivity (Wildman–Crippen MR) is 61.5 cm³/mol.